The lowest BCUT2D eigenvalue weighted by molar-refractivity contribution is -0.135. The summed E-state index contributed by atoms with van der Waals surface area (Å²) in [5, 5.41) is 2.75. The van der Waals surface area contributed by atoms with E-state index in [1.54, 1.807) is 24.3 Å². The van der Waals surface area contributed by atoms with Crippen LogP contribution in [0.15, 0.2) is 54.6 Å². The lowest BCUT2D eigenvalue weighted by atomic mass is 10.0. The van der Waals surface area contributed by atoms with E-state index >= 15 is 0 Å². The summed E-state index contributed by atoms with van der Waals surface area (Å²) in [4.78, 5) is 29.3. The van der Waals surface area contributed by atoms with Gasteiger partial charge in [-0.2, -0.15) is 0 Å². The molecule has 2 aromatic rings. The van der Waals surface area contributed by atoms with Gasteiger partial charge in [0.05, 0.1) is 19.2 Å². The van der Waals surface area contributed by atoms with Gasteiger partial charge in [0.2, 0.25) is 5.91 Å². The van der Waals surface area contributed by atoms with Gasteiger partial charge in [-0.3, -0.25) is 9.59 Å². The molecule has 1 unspecified atom stereocenters. The molecular weight excluding hydrogens is 354 g/mol. The van der Waals surface area contributed by atoms with Crippen LogP contribution in [0.2, 0.25) is 0 Å². The van der Waals surface area contributed by atoms with Crippen molar-refractivity contribution < 1.29 is 14.3 Å². The number of ether oxygens (including phenoxy) is 1. The molecule has 1 fully saturated rings. The first-order valence-corrected chi connectivity index (χ1v) is 9.62. The van der Waals surface area contributed by atoms with E-state index < -0.39 is 0 Å². The molecule has 6 heteroatoms. The first-order chi connectivity index (χ1) is 13.6. The van der Waals surface area contributed by atoms with Crippen molar-refractivity contribution in [2.24, 2.45) is 0 Å². The van der Waals surface area contributed by atoms with Crippen LogP contribution in [0.3, 0.4) is 0 Å². The zero-order valence-corrected chi connectivity index (χ0v) is 16.4. The maximum absolute atomic E-state index is 12.8. The lowest BCUT2D eigenvalue weighted by Crippen LogP contribution is -2.51. The smallest absolute Gasteiger partial charge is 0.251 e. The van der Waals surface area contributed by atoms with Crippen LogP contribution >= 0.6 is 0 Å². The molecule has 0 saturated carbocycles. The maximum Gasteiger partial charge on any atom is 0.251 e. The van der Waals surface area contributed by atoms with Crippen molar-refractivity contribution in [1.82, 2.24) is 15.1 Å². The molecule has 3 rings (SSSR count). The molecule has 2 amide bonds. The van der Waals surface area contributed by atoms with Crippen molar-refractivity contribution in [3.63, 3.8) is 0 Å². The van der Waals surface area contributed by atoms with Crippen molar-refractivity contribution in [2.45, 2.75) is 13.0 Å². The quantitative estimate of drug-likeness (QED) is 0.834. The predicted molar refractivity (Wildman–Crippen MR) is 108 cm³/mol. The molecule has 0 radical (unpaired) electrons. The Hall–Kier alpha value is -2.86. The Labute approximate surface area is 166 Å². The highest BCUT2D eigenvalue weighted by atomic mass is 16.5. The molecule has 6 nitrogen and oxygen atoms in total. The summed E-state index contributed by atoms with van der Waals surface area (Å²) in [6.45, 7) is 4.72. The van der Waals surface area contributed by atoms with Gasteiger partial charge in [-0.1, -0.05) is 30.3 Å². The van der Waals surface area contributed by atoms with Crippen molar-refractivity contribution in [3.8, 4) is 5.75 Å². The number of amides is 2. The van der Waals surface area contributed by atoms with Gasteiger partial charge in [-0.25, -0.2) is 0 Å². The fourth-order valence-corrected chi connectivity index (χ4v) is 3.41. The predicted octanol–water partition coefficient (Wildman–Crippen LogP) is 2.33. The van der Waals surface area contributed by atoms with Gasteiger partial charge in [0.25, 0.3) is 5.91 Å². The van der Waals surface area contributed by atoms with Gasteiger partial charge in [0, 0.05) is 25.2 Å². The molecule has 1 aliphatic rings. The van der Waals surface area contributed by atoms with E-state index in [2.05, 4.69) is 17.3 Å². The Bertz CT molecular complexity index is 792. The minimum Gasteiger partial charge on any atom is -0.494 e. The average Bonchev–Trinajstić information content (AvgIpc) is 2.73. The molecule has 0 aliphatic carbocycles. The van der Waals surface area contributed by atoms with E-state index in [4.69, 9.17) is 4.74 Å². The fraction of sp³-hybridized carbons (Fsp3) is 0.364. The van der Waals surface area contributed by atoms with Crippen LogP contribution in [0.1, 0.15) is 28.9 Å². The van der Waals surface area contributed by atoms with Gasteiger partial charge < -0.3 is 19.9 Å². The van der Waals surface area contributed by atoms with E-state index in [0.29, 0.717) is 18.7 Å². The van der Waals surface area contributed by atoms with Gasteiger partial charge >= 0.3 is 0 Å². The van der Waals surface area contributed by atoms with Crippen LogP contribution in [0.25, 0.3) is 0 Å². The van der Waals surface area contributed by atoms with Crippen LogP contribution in [-0.4, -0.2) is 61.4 Å². The molecule has 0 bridgehead atoms. The first-order valence-electron chi connectivity index (χ1n) is 9.62. The highest BCUT2D eigenvalue weighted by molar-refractivity contribution is 5.96. The standard InChI is InChI=1S/C22H27N3O3/c1-3-28-19-11-9-18(10-12-19)22(27)23-15-21(26)25-14-13-24(2)16-20(25)17-7-5-4-6-8-17/h4-12,20H,3,13-16H2,1-2H3,(H,23,27). The Morgan fingerprint density at radius 3 is 2.46 bits per heavy atom. The van der Waals surface area contributed by atoms with E-state index in [9.17, 15) is 9.59 Å². The number of hydrogen-bond donors (Lipinski definition) is 1. The van der Waals surface area contributed by atoms with Gasteiger partial charge in [0.15, 0.2) is 0 Å². The number of rotatable bonds is 6. The summed E-state index contributed by atoms with van der Waals surface area (Å²) < 4.78 is 5.38. The number of nitrogens with one attached hydrogen (secondary N) is 1. The summed E-state index contributed by atoms with van der Waals surface area (Å²) in [5.41, 5.74) is 1.62. The van der Waals surface area contributed by atoms with Gasteiger partial charge in [-0.15, -0.1) is 0 Å². The van der Waals surface area contributed by atoms with Crippen LogP contribution in [0.5, 0.6) is 5.75 Å². The van der Waals surface area contributed by atoms with E-state index in [1.807, 2.05) is 42.2 Å². The van der Waals surface area contributed by atoms with Crippen LogP contribution in [-0.2, 0) is 4.79 Å². The van der Waals surface area contributed by atoms with Gasteiger partial charge in [-0.05, 0) is 43.8 Å². The summed E-state index contributed by atoms with van der Waals surface area (Å²) in [6, 6.07) is 16.9. The van der Waals surface area contributed by atoms with E-state index in [0.717, 1.165) is 24.4 Å². The first kappa shape index (κ1) is 19.9. The van der Waals surface area contributed by atoms with Crippen LogP contribution < -0.4 is 10.1 Å². The lowest BCUT2D eigenvalue weighted by Gasteiger charge is -2.40. The molecule has 0 spiro atoms. The second-order valence-electron chi connectivity index (χ2n) is 6.92. The molecule has 28 heavy (non-hydrogen) atoms. The molecule has 148 valence electrons. The Morgan fingerprint density at radius 2 is 1.79 bits per heavy atom. The molecule has 1 saturated heterocycles. The molecular formula is C22H27N3O3. The Kier molecular flexibility index (Phi) is 6.66. The third-order valence-corrected chi connectivity index (χ3v) is 4.92. The highest BCUT2D eigenvalue weighted by Gasteiger charge is 2.30. The minimum absolute atomic E-state index is 0.00479. The molecule has 1 aliphatic heterocycles. The monoisotopic (exact) mass is 381 g/mol. The topological polar surface area (TPSA) is 61.9 Å². The third kappa shape index (κ3) is 4.89. The number of nitrogens with zero attached hydrogens (tertiary/aromatic N) is 2. The normalized spacial score (nSPS) is 17.2. The molecule has 1 N–H and O–H groups in total. The maximum atomic E-state index is 12.8. The number of carbonyl (C=O) groups excluding carboxylic acids is 2. The SMILES string of the molecule is CCOc1ccc(C(=O)NCC(=O)N2CCN(C)CC2c2ccccc2)cc1. The van der Waals surface area contributed by atoms with E-state index in [1.165, 1.54) is 0 Å². The van der Waals surface area contributed by atoms with Crippen LogP contribution in [0.4, 0.5) is 0 Å². The molecule has 0 aromatic heterocycles. The molecule has 1 heterocycles. The minimum atomic E-state index is -0.262. The van der Waals surface area contributed by atoms with E-state index in [-0.39, 0.29) is 24.4 Å². The highest BCUT2D eigenvalue weighted by Crippen LogP contribution is 2.24. The summed E-state index contributed by atoms with van der Waals surface area (Å²) in [6.07, 6.45) is 0. The second kappa shape index (κ2) is 9.37. The van der Waals surface area contributed by atoms with Crippen molar-refractivity contribution in [2.75, 3.05) is 39.8 Å². The largest absolute Gasteiger partial charge is 0.494 e. The van der Waals surface area contributed by atoms with Crippen LogP contribution in [0, 0.1) is 0 Å². The number of hydrogen-bond acceptors (Lipinski definition) is 4. The summed E-state index contributed by atoms with van der Waals surface area (Å²) in [7, 11) is 2.06. The van der Waals surface area contributed by atoms with Crippen molar-refractivity contribution in [3.05, 3.63) is 65.7 Å². The third-order valence-electron chi connectivity index (χ3n) is 4.92. The number of benzene rings is 2. The van der Waals surface area contributed by atoms with Crippen molar-refractivity contribution in [1.29, 1.82) is 0 Å². The Balaban J connectivity index is 1.61. The molecule has 2 aromatic carbocycles. The molecule has 1 atom stereocenters. The number of carbonyl (C=O) groups is 2. The summed E-state index contributed by atoms with van der Waals surface area (Å²) in [5.74, 6) is 0.390. The number of piperazine rings is 1. The van der Waals surface area contributed by atoms with Crippen molar-refractivity contribution >= 4 is 11.8 Å². The van der Waals surface area contributed by atoms with Gasteiger partial charge in [0.1, 0.15) is 5.75 Å². The second-order valence-corrected chi connectivity index (χ2v) is 6.92. The number of likely N-dealkylation sites (N-methyl/N-ethyl adjacent to an activating group) is 1. The Morgan fingerprint density at radius 1 is 1.07 bits per heavy atom. The summed E-state index contributed by atoms with van der Waals surface area (Å²) >= 11 is 0. The average molecular weight is 381 g/mol. The zero-order chi connectivity index (χ0) is 19.9. The zero-order valence-electron chi connectivity index (χ0n) is 16.4. The fourth-order valence-electron chi connectivity index (χ4n) is 3.41.